The molecule has 1 aromatic heterocycles. The lowest BCUT2D eigenvalue weighted by Gasteiger charge is -2.15. The topological polar surface area (TPSA) is 93.2 Å². The number of anilines is 1. The average Bonchev–Trinajstić information content (AvgIpc) is 2.78. The lowest BCUT2D eigenvalue weighted by molar-refractivity contribution is 0.0911. The number of rotatable bonds is 5. The second-order valence-electron chi connectivity index (χ2n) is 4.65. The minimum absolute atomic E-state index is 0.145. The largest absolute Gasteiger partial charge is 0.396 e. The van der Waals surface area contributed by atoms with E-state index in [0.717, 1.165) is 5.56 Å². The first-order valence-electron chi connectivity index (χ1n) is 6.35. The van der Waals surface area contributed by atoms with Crippen molar-refractivity contribution in [1.29, 1.82) is 0 Å². The number of aromatic nitrogens is 2. The van der Waals surface area contributed by atoms with Crippen LogP contribution in [0.1, 0.15) is 16.1 Å². The third kappa shape index (κ3) is 3.36. The normalized spacial score (nSPS) is 12.1. The molecule has 0 aliphatic rings. The highest BCUT2D eigenvalue weighted by atomic mass is 16.3. The molecule has 1 heterocycles. The summed E-state index contributed by atoms with van der Waals surface area (Å²) in [7, 11) is 1.70. The van der Waals surface area contributed by atoms with Crippen LogP contribution < -0.4 is 11.1 Å². The summed E-state index contributed by atoms with van der Waals surface area (Å²) < 4.78 is 1.48. The van der Waals surface area contributed by atoms with Crippen molar-refractivity contribution in [2.24, 2.45) is 7.05 Å². The zero-order chi connectivity index (χ0) is 14.5. The molecule has 1 unspecified atom stereocenters. The molecule has 0 bridgehead atoms. The maximum absolute atomic E-state index is 12.1. The number of carbonyl (C=O) groups is 1. The van der Waals surface area contributed by atoms with E-state index in [0.29, 0.717) is 12.1 Å². The van der Waals surface area contributed by atoms with Crippen molar-refractivity contribution in [3.63, 3.8) is 0 Å². The summed E-state index contributed by atoms with van der Waals surface area (Å²) in [6, 6.07) is 9.29. The van der Waals surface area contributed by atoms with Gasteiger partial charge in [0.1, 0.15) is 0 Å². The monoisotopic (exact) mass is 274 g/mol. The van der Waals surface area contributed by atoms with Gasteiger partial charge < -0.3 is 16.2 Å². The lowest BCUT2D eigenvalue weighted by atomic mass is 10.1. The first-order chi connectivity index (χ1) is 9.60. The van der Waals surface area contributed by atoms with Gasteiger partial charge in [-0.05, 0) is 12.0 Å². The predicted octanol–water partition coefficient (Wildman–Crippen LogP) is 0.336. The number of aryl methyl sites for hydroxylation is 1. The van der Waals surface area contributed by atoms with E-state index in [9.17, 15) is 9.90 Å². The third-order valence-corrected chi connectivity index (χ3v) is 2.95. The quantitative estimate of drug-likeness (QED) is 0.732. The molecule has 1 amide bonds. The Morgan fingerprint density at radius 1 is 1.45 bits per heavy atom. The lowest BCUT2D eigenvalue weighted by Crippen LogP contribution is -2.39. The van der Waals surface area contributed by atoms with Gasteiger partial charge in [0.15, 0.2) is 5.69 Å². The van der Waals surface area contributed by atoms with Gasteiger partial charge in [-0.3, -0.25) is 9.48 Å². The number of aliphatic hydroxyl groups is 1. The zero-order valence-corrected chi connectivity index (χ0v) is 11.3. The Balaban J connectivity index is 2.03. The predicted molar refractivity (Wildman–Crippen MR) is 76.1 cm³/mol. The molecule has 0 spiro atoms. The molecule has 0 aliphatic carbocycles. The van der Waals surface area contributed by atoms with E-state index in [1.165, 1.54) is 4.68 Å². The van der Waals surface area contributed by atoms with Crippen LogP contribution in [0.15, 0.2) is 36.5 Å². The minimum Gasteiger partial charge on any atom is -0.396 e. The summed E-state index contributed by atoms with van der Waals surface area (Å²) in [6.07, 6.45) is 2.12. The van der Waals surface area contributed by atoms with Crippen LogP contribution >= 0.6 is 0 Å². The maximum atomic E-state index is 12.1. The summed E-state index contributed by atoms with van der Waals surface area (Å²) in [4.78, 5) is 12.1. The first kappa shape index (κ1) is 14.1. The van der Waals surface area contributed by atoms with Crippen molar-refractivity contribution in [2.75, 3.05) is 12.3 Å². The zero-order valence-electron chi connectivity index (χ0n) is 11.3. The van der Waals surface area contributed by atoms with Gasteiger partial charge in [0.25, 0.3) is 5.91 Å². The van der Waals surface area contributed by atoms with Gasteiger partial charge in [0.05, 0.1) is 18.3 Å². The number of amides is 1. The molecule has 0 saturated heterocycles. The van der Waals surface area contributed by atoms with Crippen LogP contribution in [0.3, 0.4) is 0 Å². The Bertz CT molecular complexity index is 580. The Kier molecular flexibility index (Phi) is 4.37. The second kappa shape index (κ2) is 6.21. The molecule has 6 nitrogen and oxygen atoms in total. The van der Waals surface area contributed by atoms with Gasteiger partial charge in [-0.25, -0.2) is 0 Å². The maximum Gasteiger partial charge on any atom is 0.274 e. The molecular weight excluding hydrogens is 256 g/mol. The van der Waals surface area contributed by atoms with Crippen LogP contribution in [0.2, 0.25) is 0 Å². The molecule has 2 aromatic rings. The number of nitrogens with zero attached hydrogens (tertiary/aromatic N) is 2. The molecule has 20 heavy (non-hydrogen) atoms. The third-order valence-electron chi connectivity index (χ3n) is 2.95. The van der Waals surface area contributed by atoms with E-state index < -0.39 is 0 Å². The van der Waals surface area contributed by atoms with Gasteiger partial charge in [0.2, 0.25) is 0 Å². The van der Waals surface area contributed by atoms with Crippen LogP contribution in [-0.4, -0.2) is 33.4 Å². The Labute approximate surface area is 117 Å². The Morgan fingerprint density at radius 2 is 2.15 bits per heavy atom. The number of nitrogen functional groups attached to an aromatic ring is 1. The van der Waals surface area contributed by atoms with Gasteiger partial charge in [-0.15, -0.1) is 0 Å². The summed E-state index contributed by atoms with van der Waals surface area (Å²) in [5, 5.41) is 16.1. The highest BCUT2D eigenvalue weighted by Gasteiger charge is 2.18. The fraction of sp³-hybridized carbons (Fsp3) is 0.286. The molecule has 0 saturated carbocycles. The summed E-state index contributed by atoms with van der Waals surface area (Å²) in [5.41, 5.74) is 7.25. The fourth-order valence-corrected chi connectivity index (χ4v) is 2.00. The molecule has 0 radical (unpaired) electrons. The Hall–Kier alpha value is -2.34. The van der Waals surface area contributed by atoms with Crippen molar-refractivity contribution in [2.45, 2.75) is 12.5 Å². The number of nitrogens with two attached hydrogens (primary N) is 1. The first-order valence-corrected chi connectivity index (χ1v) is 6.35. The molecule has 106 valence electrons. The van der Waals surface area contributed by atoms with E-state index in [4.69, 9.17) is 5.73 Å². The van der Waals surface area contributed by atoms with E-state index in [1.54, 1.807) is 13.2 Å². The van der Waals surface area contributed by atoms with E-state index >= 15 is 0 Å². The van der Waals surface area contributed by atoms with Crippen molar-refractivity contribution in [1.82, 2.24) is 15.1 Å². The minimum atomic E-state index is -0.377. The number of aliphatic hydroxyl groups excluding tert-OH is 1. The van der Waals surface area contributed by atoms with Crippen LogP contribution in [0.5, 0.6) is 0 Å². The fourth-order valence-electron chi connectivity index (χ4n) is 2.00. The number of hydrogen-bond acceptors (Lipinski definition) is 4. The Morgan fingerprint density at radius 3 is 2.70 bits per heavy atom. The van der Waals surface area contributed by atoms with Crippen molar-refractivity contribution < 1.29 is 9.90 Å². The number of benzene rings is 1. The van der Waals surface area contributed by atoms with Crippen LogP contribution in [-0.2, 0) is 13.5 Å². The standard InChI is InChI=1S/C14H18N4O2/c1-18-8-12(15)13(17-18)14(20)16-11(9-19)7-10-5-3-2-4-6-10/h2-6,8,11,19H,7,9,15H2,1H3,(H,16,20). The summed E-state index contributed by atoms with van der Waals surface area (Å²) in [6.45, 7) is -0.145. The molecule has 1 aromatic carbocycles. The SMILES string of the molecule is Cn1cc(N)c(C(=O)NC(CO)Cc2ccccc2)n1. The number of carbonyl (C=O) groups excluding carboxylic acids is 1. The van der Waals surface area contributed by atoms with Gasteiger partial charge in [-0.2, -0.15) is 5.10 Å². The molecule has 6 heteroatoms. The smallest absolute Gasteiger partial charge is 0.274 e. The van der Waals surface area contributed by atoms with Crippen LogP contribution in [0.4, 0.5) is 5.69 Å². The van der Waals surface area contributed by atoms with Gasteiger partial charge >= 0.3 is 0 Å². The number of hydrogen-bond donors (Lipinski definition) is 3. The highest BCUT2D eigenvalue weighted by molar-refractivity contribution is 5.97. The summed E-state index contributed by atoms with van der Waals surface area (Å²) >= 11 is 0. The second-order valence-corrected chi connectivity index (χ2v) is 4.65. The van der Waals surface area contributed by atoms with Crippen LogP contribution in [0, 0.1) is 0 Å². The van der Waals surface area contributed by atoms with Crippen LogP contribution in [0.25, 0.3) is 0 Å². The molecular formula is C14H18N4O2. The van der Waals surface area contributed by atoms with Crippen molar-refractivity contribution in [3.05, 3.63) is 47.8 Å². The van der Waals surface area contributed by atoms with E-state index in [2.05, 4.69) is 10.4 Å². The van der Waals surface area contributed by atoms with E-state index in [-0.39, 0.29) is 24.2 Å². The molecule has 4 N–H and O–H groups in total. The van der Waals surface area contributed by atoms with Gasteiger partial charge in [0, 0.05) is 13.2 Å². The van der Waals surface area contributed by atoms with E-state index in [1.807, 2.05) is 30.3 Å². The average molecular weight is 274 g/mol. The molecule has 1 atom stereocenters. The van der Waals surface area contributed by atoms with Gasteiger partial charge in [-0.1, -0.05) is 30.3 Å². The van der Waals surface area contributed by atoms with Crippen molar-refractivity contribution >= 4 is 11.6 Å². The van der Waals surface area contributed by atoms with Crippen molar-refractivity contribution in [3.8, 4) is 0 Å². The summed E-state index contributed by atoms with van der Waals surface area (Å²) in [5.74, 6) is -0.377. The molecule has 0 aliphatic heterocycles. The number of nitrogens with one attached hydrogen (secondary N) is 1. The molecule has 0 fully saturated rings. The molecule has 2 rings (SSSR count). The highest BCUT2D eigenvalue weighted by Crippen LogP contribution is 2.09.